The van der Waals surface area contributed by atoms with Gasteiger partial charge in [-0.15, -0.1) is 0 Å². The van der Waals surface area contributed by atoms with Crippen molar-refractivity contribution in [3.8, 4) is 0 Å². The van der Waals surface area contributed by atoms with Crippen molar-refractivity contribution in [3.63, 3.8) is 0 Å². The molecule has 6 heteroatoms. The Morgan fingerprint density at radius 2 is 0.422 bits per heavy atom. The van der Waals surface area contributed by atoms with Gasteiger partial charge in [-0.2, -0.15) is 0 Å². The predicted octanol–water partition coefficient (Wildman–Crippen LogP) is 19.2. The van der Waals surface area contributed by atoms with Crippen LogP contribution in [0.1, 0.15) is 335 Å². The first-order valence-corrected chi connectivity index (χ1v) is 29.0. The van der Waals surface area contributed by atoms with Crippen molar-refractivity contribution >= 4 is 17.9 Å². The molecule has 0 aromatic heterocycles. The Kier molecular flexibility index (Phi) is 52.7. The summed E-state index contributed by atoms with van der Waals surface area (Å²) in [5.74, 6) is -0.831. The summed E-state index contributed by atoms with van der Waals surface area (Å²) in [7, 11) is 0. The highest BCUT2D eigenvalue weighted by atomic mass is 16.6. The molecule has 0 radical (unpaired) electrons. The van der Waals surface area contributed by atoms with Gasteiger partial charge in [0.2, 0.25) is 0 Å². The molecule has 64 heavy (non-hydrogen) atoms. The largest absolute Gasteiger partial charge is 0.462 e. The van der Waals surface area contributed by atoms with Crippen LogP contribution in [0.2, 0.25) is 0 Å². The first-order chi connectivity index (χ1) is 31.5. The molecule has 0 heterocycles. The third-order valence-electron chi connectivity index (χ3n) is 13.4. The summed E-state index contributed by atoms with van der Waals surface area (Å²) in [6, 6.07) is 0. The molecule has 1 atom stereocenters. The van der Waals surface area contributed by atoms with Gasteiger partial charge in [-0.05, 0) is 19.3 Å². The van der Waals surface area contributed by atoms with E-state index >= 15 is 0 Å². The van der Waals surface area contributed by atoms with E-state index in [-0.39, 0.29) is 31.1 Å². The molecule has 0 saturated heterocycles. The van der Waals surface area contributed by atoms with E-state index in [2.05, 4.69) is 20.8 Å². The zero-order valence-corrected chi connectivity index (χ0v) is 43.6. The van der Waals surface area contributed by atoms with Gasteiger partial charge in [0.1, 0.15) is 13.2 Å². The normalized spacial score (nSPS) is 11.9. The molecule has 380 valence electrons. The number of carbonyl (C=O) groups is 3. The van der Waals surface area contributed by atoms with Crippen molar-refractivity contribution in [2.45, 2.75) is 341 Å². The van der Waals surface area contributed by atoms with E-state index in [0.717, 1.165) is 57.8 Å². The highest BCUT2D eigenvalue weighted by molar-refractivity contribution is 5.71. The molecule has 0 aliphatic heterocycles. The van der Waals surface area contributed by atoms with Crippen LogP contribution >= 0.6 is 0 Å². The van der Waals surface area contributed by atoms with Gasteiger partial charge >= 0.3 is 17.9 Å². The highest BCUT2D eigenvalue weighted by Crippen LogP contribution is 2.18. The first-order valence-electron chi connectivity index (χ1n) is 29.0. The van der Waals surface area contributed by atoms with Gasteiger partial charge in [0, 0.05) is 19.3 Å². The number of esters is 3. The third kappa shape index (κ3) is 51.4. The smallest absolute Gasteiger partial charge is 0.306 e. The Morgan fingerprint density at radius 1 is 0.250 bits per heavy atom. The van der Waals surface area contributed by atoms with Gasteiger partial charge in [-0.1, -0.05) is 297 Å². The van der Waals surface area contributed by atoms with E-state index < -0.39 is 6.10 Å². The van der Waals surface area contributed by atoms with Gasteiger partial charge in [0.15, 0.2) is 6.10 Å². The number of rotatable bonds is 54. The Bertz CT molecular complexity index is 951. The minimum absolute atomic E-state index is 0.0610. The molecular formula is C58H112O6. The predicted molar refractivity (Wildman–Crippen MR) is 275 cm³/mol. The average Bonchev–Trinajstić information content (AvgIpc) is 3.29. The zero-order chi connectivity index (χ0) is 46.5. The molecule has 1 unspecified atom stereocenters. The lowest BCUT2D eigenvalue weighted by atomic mass is 10.0. The van der Waals surface area contributed by atoms with Gasteiger partial charge in [-0.25, -0.2) is 0 Å². The first kappa shape index (κ1) is 62.4. The Labute approximate surface area is 399 Å². The number of unbranched alkanes of at least 4 members (excludes halogenated alkanes) is 43. The summed E-state index contributed by atoms with van der Waals surface area (Å²) < 4.78 is 16.9. The fourth-order valence-corrected chi connectivity index (χ4v) is 8.98. The lowest BCUT2D eigenvalue weighted by Crippen LogP contribution is -2.30. The molecule has 0 bridgehead atoms. The minimum atomic E-state index is -0.761. The van der Waals surface area contributed by atoms with E-state index in [1.165, 1.54) is 238 Å². The monoisotopic (exact) mass is 905 g/mol. The van der Waals surface area contributed by atoms with Crippen molar-refractivity contribution in [2.24, 2.45) is 0 Å². The van der Waals surface area contributed by atoms with Crippen LogP contribution in [0.15, 0.2) is 0 Å². The topological polar surface area (TPSA) is 78.9 Å². The van der Waals surface area contributed by atoms with Crippen molar-refractivity contribution in [1.82, 2.24) is 0 Å². The Balaban J connectivity index is 4.29. The van der Waals surface area contributed by atoms with Crippen molar-refractivity contribution in [2.75, 3.05) is 13.2 Å². The molecule has 6 nitrogen and oxygen atoms in total. The van der Waals surface area contributed by atoms with Crippen LogP contribution < -0.4 is 0 Å². The lowest BCUT2D eigenvalue weighted by Gasteiger charge is -2.18. The second kappa shape index (κ2) is 54.0. The molecule has 0 N–H and O–H groups in total. The maximum absolute atomic E-state index is 12.8. The maximum atomic E-state index is 12.8. The molecule has 0 aromatic carbocycles. The van der Waals surface area contributed by atoms with Crippen LogP contribution in [0.5, 0.6) is 0 Å². The molecule has 0 aromatic rings. The molecule has 0 aliphatic carbocycles. The summed E-state index contributed by atoms with van der Waals surface area (Å²) >= 11 is 0. The lowest BCUT2D eigenvalue weighted by molar-refractivity contribution is -0.167. The van der Waals surface area contributed by atoms with Crippen LogP contribution in [0.25, 0.3) is 0 Å². The van der Waals surface area contributed by atoms with Crippen LogP contribution in [-0.4, -0.2) is 37.2 Å². The fraction of sp³-hybridized carbons (Fsp3) is 0.948. The number of hydrogen-bond acceptors (Lipinski definition) is 6. The van der Waals surface area contributed by atoms with Gasteiger partial charge in [-0.3, -0.25) is 14.4 Å². The molecule has 0 rings (SSSR count). The summed E-state index contributed by atoms with van der Waals surface area (Å²) in [4.78, 5) is 38.1. The van der Waals surface area contributed by atoms with Gasteiger partial charge < -0.3 is 14.2 Å². The summed E-state index contributed by atoms with van der Waals surface area (Å²) in [6.45, 7) is 6.71. The van der Waals surface area contributed by atoms with Crippen LogP contribution in [0, 0.1) is 0 Å². The number of hydrogen-bond donors (Lipinski definition) is 0. The highest BCUT2D eigenvalue weighted by Gasteiger charge is 2.19. The average molecular weight is 906 g/mol. The SMILES string of the molecule is CCCCCCCCCCCCCCCCCCC(=O)OCC(COC(=O)CCCCCCCCCCCCCCCCC)OC(=O)CCCCCCCCCCCCCCCCC. The molecule has 0 amide bonds. The quantitative estimate of drug-likeness (QED) is 0.0344. The van der Waals surface area contributed by atoms with Crippen LogP contribution in [0.4, 0.5) is 0 Å². The fourth-order valence-electron chi connectivity index (χ4n) is 8.98. The number of ether oxygens (including phenoxy) is 3. The third-order valence-corrected chi connectivity index (χ3v) is 13.4. The molecule has 0 fully saturated rings. The van der Waals surface area contributed by atoms with Crippen LogP contribution in [-0.2, 0) is 28.6 Å². The molecule has 0 spiro atoms. The van der Waals surface area contributed by atoms with Crippen molar-refractivity contribution in [1.29, 1.82) is 0 Å². The standard InChI is InChI=1S/C58H112O6/c1-4-7-10-13-16-19-22-25-28-31-33-36-39-42-45-48-51-57(60)63-54-55(64-58(61)52-49-46-43-40-37-34-30-27-24-21-18-15-12-9-6-3)53-62-56(59)50-47-44-41-38-35-32-29-26-23-20-17-14-11-8-5-2/h55H,4-54H2,1-3H3. The number of carbonyl (C=O) groups excluding carboxylic acids is 3. The van der Waals surface area contributed by atoms with Crippen LogP contribution in [0.3, 0.4) is 0 Å². The minimum Gasteiger partial charge on any atom is -0.462 e. The van der Waals surface area contributed by atoms with E-state index in [1.807, 2.05) is 0 Å². The summed E-state index contributed by atoms with van der Waals surface area (Å²) in [5, 5.41) is 0. The van der Waals surface area contributed by atoms with E-state index in [0.29, 0.717) is 19.3 Å². The summed E-state index contributed by atoms with van der Waals surface area (Å²) in [5.41, 5.74) is 0. The maximum Gasteiger partial charge on any atom is 0.306 e. The molecule has 0 saturated carbocycles. The van der Waals surface area contributed by atoms with E-state index in [1.54, 1.807) is 0 Å². The Morgan fingerprint density at radius 3 is 0.625 bits per heavy atom. The summed E-state index contributed by atoms with van der Waals surface area (Å²) in [6.07, 6.45) is 59.4. The van der Waals surface area contributed by atoms with Crippen molar-refractivity contribution < 1.29 is 28.6 Å². The van der Waals surface area contributed by atoms with Crippen molar-refractivity contribution in [3.05, 3.63) is 0 Å². The zero-order valence-electron chi connectivity index (χ0n) is 43.6. The second-order valence-corrected chi connectivity index (χ2v) is 19.9. The van der Waals surface area contributed by atoms with E-state index in [9.17, 15) is 14.4 Å². The van der Waals surface area contributed by atoms with Gasteiger partial charge in [0.25, 0.3) is 0 Å². The second-order valence-electron chi connectivity index (χ2n) is 19.9. The van der Waals surface area contributed by atoms with E-state index in [4.69, 9.17) is 14.2 Å². The molecular weight excluding hydrogens is 793 g/mol. The Hall–Kier alpha value is -1.59. The van der Waals surface area contributed by atoms with Gasteiger partial charge in [0.05, 0.1) is 0 Å². The molecule has 0 aliphatic rings.